The standard InChI is InChI=1S/C14H16N4O2/c19-11-6-14(13(20)17-11)4-5-18(7-14)12-9-2-1-3-10(9)15-8-16-12/h8H,1-7H2,(H,17,19,20). The van der Waals surface area contributed by atoms with E-state index in [-0.39, 0.29) is 11.8 Å². The fourth-order valence-electron chi connectivity index (χ4n) is 3.69. The van der Waals surface area contributed by atoms with Gasteiger partial charge < -0.3 is 4.90 Å². The zero-order valence-corrected chi connectivity index (χ0v) is 11.2. The second-order valence-corrected chi connectivity index (χ2v) is 5.98. The number of aryl methyl sites for hydroxylation is 1. The predicted octanol–water partition coefficient (Wildman–Crippen LogP) is 0.208. The Balaban J connectivity index is 1.65. The van der Waals surface area contributed by atoms with Crippen molar-refractivity contribution in [2.75, 3.05) is 18.0 Å². The number of nitrogens with one attached hydrogen (secondary N) is 1. The summed E-state index contributed by atoms with van der Waals surface area (Å²) in [6.07, 6.45) is 5.81. The molecular formula is C14H16N4O2. The van der Waals surface area contributed by atoms with Crippen LogP contribution in [0.25, 0.3) is 0 Å². The van der Waals surface area contributed by atoms with E-state index >= 15 is 0 Å². The van der Waals surface area contributed by atoms with E-state index in [1.807, 2.05) is 0 Å². The molecule has 0 saturated carbocycles. The maximum atomic E-state index is 12.0. The Morgan fingerprint density at radius 1 is 1.25 bits per heavy atom. The summed E-state index contributed by atoms with van der Waals surface area (Å²) in [5, 5.41) is 2.44. The molecule has 104 valence electrons. The minimum Gasteiger partial charge on any atom is -0.355 e. The van der Waals surface area contributed by atoms with Crippen LogP contribution in [0.1, 0.15) is 30.5 Å². The first kappa shape index (κ1) is 11.8. The van der Waals surface area contributed by atoms with E-state index in [1.165, 1.54) is 5.56 Å². The lowest BCUT2D eigenvalue weighted by Gasteiger charge is -2.22. The highest BCUT2D eigenvalue weighted by atomic mass is 16.2. The molecule has 1 aromatic heterocycles. The summed E-state index contributed by atoms with van der Waals surface area (Å²) in [4.78, 5) is 34.4. The molecule has 1 spiro atoms. The van der Waals surface area contributed by atoms with E-state index in [9.17, 15) is 9.59 Å². The van der Waals surface area contributed by atoms with Crippen molar-refractivity contribution >= 4 is 17.6 Å². The number of fused-ring (bicyclic) bond motifs is 1. The summed E-state index contributed by atoms with van der Waals surface area (Å²) >= 11 is 0. The highest BCUT2D eigenvalue weighted by Gasteiger charge is 2.51. The summed E-state index contributed by atoms with van der Waals surface area (Å²) in [6, 6.07) is 0. The number of carbonyl (C=O) groups excluding carboxylic acids is 2. The molecule has 0 aromatic carbocycles. The summed E-state index contributed by atoms with van der Waals surface area (Å²) in [5.74, 6) is 0.706. The van der Waals surface area contributed by atoms with E-state index in [1.54, 1.807) is 6.33 Å². The van der Waals surface area contributed by atoms with Crippen molar-refractivity contribution in [1.82, 2.24) is 15.3 Å². The minimum absolute atomic E-state index is 0.115. The number of hydrogen-bond donors (Lipinski definition) is 1. The summed E-state index contributed by atoms with van der Waals surface area (Å²) in [5.41, 5.74) is 1.84. The number of imide groups is 1. The molecule has 6 nitrogen and oxygen atoms in total. The Morgan fingerprint density at radius 3 is 2.95 bits per heavy atom. The molecular weight excluding hydrogens is 256 g/mol. The molecule has 0 bridgehead atoms. The molecule has 2 amide bonds. The average molecular weight is 272 g/mol. The van der Waals surface area contributed by atoms with Gasteiger partial charge in [0.05, 0.1) is 5.41 Å². The van der Waals surface area contributed by atoms with Gasteiger partial charge >= 0.3 is 0 Å². The Labute approximate surface area is 116 Å². The largest absolute Gasteiger partial charge is 0.355 e. The van der Waals surface area contributed by atoms with E-state index < -0.39 is 5.41 Å². The minimum atomic E-state index is -0.534. The first-order valence-electron chi connectivity index (χ1n) is 7.10. The molecule has 1 N–H and O–H groups in total. The molecule has 6 heteroatoms. The topological polar surface area (TPSA) is 75.2 Å². The lowest BCUT2D eigenvalue weighted by Crippen LogP contribution is -2.35. The van der Waals surface area contributed by atoms with Crippen LogP contribution in [-0.4, -0.2) is 34.9 Å². The van der Waals surface area contributed by atoms with Gasteiger partial charge in [-0.3, -0.25) is 14.9 Å². The zero-order valence-electron chi connectivity index (χ0n) is 11.2. The Hall–Kier alpha value is -1.98. The number of aromatic nitrogens is 2. The molecule has 3 aliphatic rings. The monoisotopic (exact) mass is 272 g/mol. The third kappa shape index (κ3) is 1.57. The van der Waals surface area contributed by atoms with Gasteiger partial charge in [0.25, 0.3) is 0 Å². The molecule has 1 atom stereocenters. The third-order valence-corrected chi connectivity index (χ3v) is 4.74. The van der Waals surface area contributed by atoms with Crippen molar-refractivity contribution in [2.24, 2.45) is 5.41 Å². The smallest absolute Gasteiger partial charge is 0.235 e. The van der Waals surface area contributed by atoms with Gasteiger partial charge in [0.1, 0.15) is 12.1 Å². The molecule has 2 saturated heterocycles. The van der Waals surface area contributed by atoms with E-state index in [2.05, 4.69) is 20.2 Å². The van der Waals surface area contributed by atoms with Crippen molar-refractivity contribution in [2.45, 2.75) is 32.1 Å². The van der Waals surface area contributed by atoms with Crippen molar-refractivity contribution in [1.29, 1.82) is 0 Å². The lowest BCUT2D eigenvalue weighted by atomic mass is 9.85. The molecule has 3 heterocycles. The Morgan fingerprint density at radius 2 is 2.15 bits per heavy atom. The third-order valence-electron chi connectivity index (χ3n) is 4.74. The lowest BCUT2D eigenvalue weighted by molar-refractivity contribution is -0.127. The number of hydrogen-bond acceptors (Lipinski definition) is 5. The first-order chi connectivity index (χ1) is 9.68. The van der Waals surface area contributed by atoms with Gasteiger partial charge in [-0.2, -0.15) is 0 Å². The van der Waals surface area contributed by atoms with Crippen LogP contribution in [0.3, 0.4) is 0 Å². The Kier molecular flexibility index (Phi) is 2.37. The Bertz CT molecular complexity index is 615. The summed E-state index contributed by atoms with van der Waals surface area (Å²) < 4.78 is 0. The molecule has 2 aliphatic heterocycles. The van der Waals surface area contributed by atoms with Crippen LogP contribution in [0.4, 0.5) is 5.82 Å². The quantitative estimate of drug-likeness (QED) is 0.740. The number of anilines is 1. The van der Waals surface area contributed by atoms with Crippen LogP contribution >= 0.6 is 0 Å². The fraction of sp³-hybridized carbons (Fsp3) is 0.571. The van der Waals surface area contributed by atoms with Gasteiger partial charge in [-0.15, -0.1) is 0 Å². The summed E-state index contributed by atoms with van der Waals surface area (Å²) in [7, 11) is 0. The van der Waals surface area contributed by atoms with Gasteiger partial charge in [-0.1, -0.05) is 0 Å². The van der Waals surface area contributed by atoms with Crippen molar-refractivity contribution < 1.29 is 9.59 Å². The molecule has 4 rings (SSSR count). The maximum absolute atomic E-state index is 12.0. The van der Waals surface area contributed by atoms with Crippen molar-refractivity contribution in [3.63, 3.8) is 0 Å². The van der Waals surface area contributed by atoms with Gasteiger partial charge in [0, 0.05) is 30.8 Å². The highest BCUT2D eigenvalue weighted by Crippen LogP contribution is 2.40. The van der Waals surface area contributed by atoms with Gasteiger partial charge in [-0.05, 0) is 25.7 Å². The van der Waals surface area contributed by atoms with E-state index in [4.69, 9.17) is 0 Å². The van der Waals surface area contributed by atoms with Crippen molar-refractivity contribution in [3.8, 4) is 0 Å². The van der Waals surface area contributed by atoms with Crippen LogP contribution in [-0.2, 0) is 22.4 Å². The SMILES string of the molecule is O=C1CC2(CCN(c3ncnc4c3CCC4)C2)C(=O)N1. The van der Waals surface area contributed by atoms with E-state index in [0.717, 1.165) is 43.7 Å². The molecule has 2 fully saturated rings. The first-order valence-corrected chi connectivity index (χ1v) is 7.10. The maximum Gasteiger partial charge on any atom is 0.235 e. The van der Waals surface area contributed by atoms with Crippen LogP contribution in [0, 0.1) is 5.41 Å². The average Bonchev–Trinajstić information content (AvgIpc) is 3.10. The molecule has 1 unspecified atom stereocenters. The number of nitrogens with zero attached hydrogens (tertiary/aromatic N) is 3. The number of carbonyl (C=O) groups is 2. The van der Waals surface area contributed by atoms with Crippen LogP contribution in [0.2, 0.25) is 0 Å². The van der Waals surface area contributed by atoms with Gasteiger partial charge in [-0.25, -0.2) is 9.97 Å². The highest BCUT2D eigenvalue weighted by molar-refractivity contribution is 6.06. The molecule has 1 aliphatic carbocycles. The predicted molar refractivity (Wildman–Crippen MR) is 71.1 cm³/mol. The summed E-state index contributed by atoms with van der Waals surface area (Å²) in [6.45, 7) is 1.37. The second kappa shape index (κ2) is 4.01. The van der Waals surface area contributed by atoms with Crippen molar-refractivity contribution in [3.05, 3.63) is 17.6 Å². The van der Waals surface area contributed by atoms with Gasteiger partial charge in [0.15, 0.2) is 0 Å². The second-order valence-electron chi connectivity index (χ2n) is 5.98. The van der Waals surface area contributed by atoms with Crippen LogP contribution in [0.5, 0.6) is 0 Å². The normalized spacial score (nSPS) is 28.3. The molecule has 0 radical (unpaired) electrons. The van der Waals surface area contributed by atoms with Crippen LogP contribution in [0.15, 0.2) is 6.33 Å². The van der Waals surface area contributed by atoms with Gasteiger partial charge in [0.2, 0.25) is 11.8 Å². The zero-order chi connectivity index (χ0) is 13.7. The number of rotatable bonds is 1. The molecule has 1 aromatic rings. The van der Waals surface area contributed by atoms with Crippen LogP contribution < -0.4 is 10.2 Å². The molecule has 20 heavy (non-hydrogen) atoms. The fourth-order valence-corrected chi connectivity index (χ4v) is 3.69. The van der Waals surface area contributed by atoms with E-state index in [0.29, 0.717) is 13.0 Å². The number of amides is 2.